The van der Waals surface area contributed by atoms with Gasteiger partial charge in [0, 0.05) is 62.8 Å². The van der Waals surface area contributed by atoms with Gasteiger partial charge in [-0.1, -0.05) is 18.2 Å². The van der Waals surface area contributed by atoms with E-state index in [0.29, 0.717) is 30.8 Å². The minimum Gasteiger partial charge on any atom is -0.495 e. The Morgan fingerprint density at radius 3 is 2.22 bits per heavy atom. The van der Waals surface area contributed by atoms with Gasteiger partial charge in [0.05, 0.1) is 25.0 Å². The van der Waals surface area contributed by atoms with Crippen molar-refractivity contribution in [3.05, 3.63) is 99.1 Å². The number of carboxylic acids is 2. The molecule has 1 saturated heterocycles. The van der Waals surface area contributed by atoms with Gasteiger partial charge in [0.15, 0.2) is 0 Å². The highest BCUT2D eigenvalue weighted by Gasteiger charge is 2.19. The minimum atomic E-state index is -1.26. The monoisotopic (exact) mass is 565 g/mol. The van der Waals surface area contributed by atoms with Crippen LogP contribution in [0.3, 0.4) is 0 Å². The third-order valence-corrected chi connectivity index (χ3v) is 6.49. The van der Waals surface area contributed by atoms with Gasteiger partial charge in [-0.15, -0.1) is 0 Å². The van der Waals surface area contributed by atoms with Gasteiger partial charge < -0.3 is 19.8 Å². The number of aliphatic carboxylic acids is 2. The maximum absolute atomic E-state index is 13.0. The summed E-state index contributed by atoms with van der Waals surface area (Å²) in [5.74, 6) is -1.62. The SMILES string of the molecule is COc1ccccc1N1CCN(CCCn2c(=O)c(C)cn(Cc3ccccn3)c2=O)CC1.O=C(O)C=CC(=O)O. The van der Waals surface area contributed by atoms with Crippen LogP contribution in [0.2, 0.25) is 0 Å². The highest BCUT2D eigenvalue weighted by Crippen LogP contribution is 2.28. The summed E-state index contributed by atoms with van der Waals surface area (Å²) in [5.41, 5.74) is 1.99. The number of hydrogen-bond donors (Lipinski definition) is 2. The van der Waals surface area contributed by atoms with Crippen molar-refractivity contribution >= 4 is 17.6 Å². The van der Waals surface area contributed by atoms with Crippen LogP contribution in [-0.2, 0) is 22.7 Å². The van der Waals surface area contributed by atoms with Gasteiger partial charge in [0.2, 0.25) is 0 Å². The summed E-state index contributed by atoms with van der Waals surface area (Å²) in [6, 6.07) is 13.7. The van der Waals surface area contributed by atoms with E-state index in [1.165, 1.54) is 4.57 Å². The first-order valence-electron chi connectivity index (χ1n) is 13.1. The number of piperazine rings is 1. The molecule has 12 heteroatoms. The molecular formula is C29H35N5O7. The average molecular weight is 566 g/mol. The fourth-order valence-corrected chi connectivity index (χ4v) is 4.47. The van der Waals surface area contributed by atoms with Crippen LogP contribution in [-0.4, -0.2) is 81.0 Å². The average Bonchev–Trinajstić information content (AvgIpc) is 2.98. The molecule has 1 fully saturated rings. The number of ether oxygens (including phenoxy) is 1. The summed E-state index contributed by atoms with van der Waals surface area (Å²) in [6.45, 7) is 7.07. The van der Waals surface area contributed by atoms with Gasteiger partial charge >= 0.3 is 17.6 Å². The highest BCUT2D eigenvalue weighted by molar-refractivity contribution is 5.89. The maximum Gasteiger partial charge on any atom is 0.331 e. The molecule has 0 atom stereocenters. The van der Waals surface area contributed by atoms with Crippen molar-refractivity contribution in [2.75, 3.05) is 44.7 Å². The van der Waals surface area contributed by atoms with Gasteiger partial charge in [-0.05, 0) is 44.2 Å². The number of rotatable bonds is 10. The van der Waals surface area contributed by atoms with E-state index in [-0.39, 0.29) is 11.2 Å². The number of benzene rings is 1. The second-order valence-electron chi connectivity index (χ2n) is 9.36. The molecule has 2 N–H and O–H groups in total. The summed E-state index contributed by atoms with van der Waals surface area (Å²) in [7, 11) is 1.70. The molecule has 3 heterocycles. The quantitative estimate of drug-likeness (QED) is 0.348. The van der Waals surface area contributed by atoms with Crippen molar-refractivity contribution in [2.45, 2.75) is 26.4 Å². The van der Waals surface area contributed by atoms with E-state index in [1.54, 1.807) is 31.0 Å². The number of hydrogen-bond acceptors (Lipinski definition) is 8. The first-order valence-corrected chi connectivity index (χ1v) is 13.1. The largest absolute Gasteiger partial charge is 0.495 e. The van der Waals surface area contributed by atoms with Gasteiger partial charge in [-0.2, -0.15) is 0 Å². The molecule has 0 aliphatic carbocycles. The van der Waals surface area contributed by atoms with Crippen LogP contribution in [0, 0.1) is 6.92 Å². The predicted octanol–water partition coefficient (Wildman–Crippen LogP) is 1.69. The Balaban J connectivity index is 0.000000507. The molecule has 1 aromatic carbocycles. The van der Waals surface area contributed by atoms with Crippen molar-refractivity contribution in [1.82, 2.24) is 19.0 Å². The molecule has 4 rings (SSSR count). The molecule has 0 spiro atoms. The maximum atomic E-state index is 13.0. The molecule has 1 aliphatic heterocycles. The fourth-order valence-electron chi connectivity index (χ4n) is 4.47. The molecule has 12 nitrogen and oxygen atoms in total. The van der Waals surface area contributed by atoms with E-state index < -0.39 is 11.9 Å². The Kier molecular flexibility index (Phi) is 11.4. The van der Waals surface area contributed by atoms with Gasteiger partial charge in [-0.3, -0.25) is 23.8 Å². The van der Waals surface area contributed by atoms with Crippen LogP contribution >= 0.6 is 0 Å². The number of nitrogens with zero attached hydrogens (tertiary/aromatic N) is 5. The molecule has 0 unspecified atom stereocenters. The van der Waals surface area contributed by atoms with E-state index >= 15 is 0 Å². The van der Waals surface area contributed by atoms with E-state index in [0.717, 1.165) is 56.3 Å². The van der Waals surface area contributed by atoms with Gasteiger partial charge in [0.25, 0.3) is 5.56 Å². The third kappa shape index (κ3) is 9.17. The molecule has 0 radical (unpaired) electrons. The van der Waals surface area contributed by atoms with Gasteiger partial charge in [-0.25, -0.2) is 14.4 Å². The lowest BCUT2D eigenvalue weighted by molar-refractivity contribution is -0.134. The van der Waals surface area contributed by atoms with E-state index in [2.05, 4.69) is 20.9 Å². The van der Waals surface area contributed by atoms with Crippen LogP contribution in [0.5, 0.6) is 5.75 Å². The number of pyridine rings is 1. The molecule has 218 valence electrons. The van der Waals surface area contributed by atoms with Gasteiger partial charge in [0.1, 0.15) is 5.75 Å². The smallest absolute Gasteiger partial charge is 0.331 e. The van der Waals surface area contributed by atoms with Crippen LogP contribution in [0.25, 0.3) is 0 Å². The van der Waals surface area contributed by atoms with Crippen molar-refractivity contribution < 1.29 is 24.5 Å². The van der Waals surface area contributed by atoms with Crippen LogP contribution in [0.15, 0.2) is 76.6 Å². The summed E-state index contributed by atoms with van der Waals surface area (Å²) in [4.78, 5) is 53.7. The zero-order chi connectivity index (χ0) is 29.8. The summed E-state index contributed by atoms with van der Waals surface area (Å²) >= 11 is 0. The number of carboxylic acid groups (broad SMARTS) is 2. The summed E-state index contributed by atoms with van der Waals surface area (Å²) in [5, 5.41) is 15.6. The highest BCUT2D eigenvalue weighted by atomic mass is 16.5. The topological polar surface area (TPSA) is 147 Å². The Morgan fingerprint density at radius 2 is 1.61 bits per heavy atom. The lowest BCUT2D eigenvalue weighted by Crippen LogP contribution is -2.47. The van der Waals surface area contributed by atoms with Crippen molar-refractivity contribution in [1.29, 1.82) is 0 Å². The predicted molar refractivity (Wildman–Crippen MR) is 154 cm³/mol. The number of methoxy groups -OCH3 is 1. The molecule has 41 heavy (non-hydrogen) atoms. The van der Waals surface area contributed by atoms with Crippen molar-refractivity contribution in [3.8, 4) is 5.75 Å². The zero-order valence-corrected chi connectivity index (χ0v) is 23.2. The van der Waals surface area contributed by atoms with E-state index in [4.69, 9.17) is 14.9 Å². The van der Waals surface area contributed by atoms with Crippen molar-refractivity contribution in [2.24, 2.45) is 0 Å². The summed E-state index contributed by atoms with van der Waals surface area (Å²) in [6.07, 6.45) is 5.20. The van der Waals surface area contributed by atoms with Crippen molar-refractivity contribution in [3.63, 3.8) is 0 Å². The Morgan fingerprint density at radius 1 is 0.951 bits per heavy atom. The van der Waals surface area contributed by atoms with E-state index in [1.807, 2.05) is 36.4 Å². The normalized spacial score (nSPS) is 13.5. The molecule has 2 aromatic heterocycles. The molecule has 0 bridgehead atoms. The first-order chi connectivity index (χ1) is 19.7. The molecule has 0 saturated carbocycles. The molecule has 1 aliphatic rings. The first kappa shape index (κ1) is 30.8. The Labute approximate surface area is 237 Å². The van der Waals surface area contributed by atoms with Crippen LogP contribution in [0.4, 0.5) is 5.69 Å². The van der Waals surface area contributed by atoms with E-state index in [9.17, 15) is 19.2 Å². The standard InChI is InChI=1S/C25H31N5O3.C4H4O4/c1-20-18-29(19-21-8-5-6-11-26-21)25(32)30(24(20)31)13-7-12-27-14-16-28(17-15-27)22-9-3-4-10-23(22)33-2;5-3(6)1-2-4(7)8/h3-6,8-11,18H,7,12-17,19H2,1-2H3;1-2H,(H,5,6)(H,7,8). The number of aromatic nitrogens is 3. The summed E-state index contributed by atoms with van der Waals surface area (Å²) < 4.78 is 8.43. The minimum absolute atomic E-state index is 0.210. The van der Waals surface area contributed by atoms with Crippen LogP contribution in [0.1, 0.15) is 17.7 Å². The number of para-hydroxylation sites is 2. The lowest BCUT2D eigenvalue weighted by Gasteiger charge is -2.36. The number of anilines is 1. The number of carbonyl (C=O) groups is 2. The Bertz CT molecular complexity index is 1440. The zero-order valence-electron chi connectivity index (χ0n) is 23.2. The van der Waals surface area contributed by atoms with Crippen LogP contribution < -0.4 is 20.9 Å². The molecule has 3 aromatic rings. The molecular weight excluding hydrogens is 530 g/mol. The fraction of sp³-hybridized carbons (Fsp3) is 0.345. The second kappa shape index (κ2) is 15.2. The Hall–Kier alpha value is -4.71. The third-order valence-electron chi connectivity index (χ3n) is 6.49. The number of aryl methyl sites for hydroxylation is 1. The molecule has 0 amide bonds. The lowest BCUT2D eigenvalue weighted by atomic mass is 10.2. The second-order valence-corrected chi connectivity index (χ2v) is 9.36.